The highest BCUT2D eigenvalue weighted by Crippen LogP contribution is 2.13. The Hall–Kier alpha value is -1.74. The predicted octanol–water partition coefficient (Wildman–Crippen LogP) is -0.196. The number of aliphatic hydroxyl groups excluding tert-OH is 1. The van der Waals surface area contributed by atoms with Crippen LogP contribution in [0.5, 0.6) is 0 Å². The van der Waals surface area contributed by atoms with Crippen LogP contribution in [0.2, 0.25) is 0 Å². The summed E-state index contributed by atoms with van der Waals surface area (Å²) in [7, 11) is 0. The molecule has 0 aromatic carbocycles. The maximum Gasteiger partial charge on any atom is 0.326 e. The number of nitrogens with zero attached hydrogens (tertiary/aromatic N) is 2. The zero-order chi connectivity index (χ0) is 12.8. The van der Waals surface area contributed by atoms with E-state index in [1.165, 1.54) is 11.3 Å². The third kappa shape index (κ3) is 4.33. The van der Waals surface area contributed by atoms with Crippen LogP contribution in [0.15, 0.2) is 0 Å². The fourth-order valence-electron chi connectivity index (χ4n) is 1.03. The summed E-state index contributed by atoms with van der Waals surface area (Å²) in [6.07, 6.45) is -0.0576. The lowest BCUT2D eigenvalue weighted by atomic mass is 10.2. The third-order valence-corrected chi connectivity index (χ3v) is 2.52. The minimum Gasteiger partial charge on any atom is -0.480 e. The van der Waals surface area contributed by atoms with Gasteiger partial charge in [0.15, 0.2) is 0 Å². The summed E-state index contributed by atoms with van der Waals surface area (Å²) < 4.78 is 0. The van der Waals surface area contributed by atoms with Crippen molar-refractivity contribution in [3.8, 4) is 0 Å². The van der Waals surface area contributed by atoms with Gasteiger partial charge in [0.2, 0.25) is 5.13 Å². The molecule has 0 fully saturated rings. The quantitative estimate of drug-likeness (QED) is 0.581. The van der Waals surface area contributed by atoms with Gasteiger partial charge in [0.1, 0.15) is 11.0 Å². The highest BCUT2D eigenvalue weighted by Gasteiger charge is 2.19. The first kappa shape index (κ1) is 13.3. The first-order valence-corrected chi connectivity index (χ1v) is 5.56. The van der Waals surface area contributed by atoms with Crippen LogP contribution in [-0.2, 0) is 4.79 Å². The zero-order valence-corrected chi connectivity index (χ0v) is 9.82. The molecule has 1 heterocycles. The zero-order valence-electron chi connectivity index (χ0n) is 9.01. The smallest absolute Gasteiger partial charge is 0.326 e. The molecule has 0 aliphatic carbocycles. The van der Waals surface area contributed by atoms with Crippen molar-refractivity contribution in [1.29, 1.82) is 0 Å². The summed E-state index contributed by atoms with van der Waals surface area (Å²) >= 11 is 1.17. The molecule has 0 bridgehead atoms. The van der Waals surface area contributed by atoms with Crippen molar-refractivity contribution >= 4 is 28.5 Å². The molecule has 0 aliphatic heterocycles. The molecule has 2 amide bonds. The van der Waals surface area contributed by atoms with Gasteiger partial charge in [-0.2, -0.15) is 0 Å². The Morgan fingerprint density at radius 2 is 2.18 bits per heavy atom. The molecular formula is C8H12N4O4S. The normalized spacial score (nSPS) is 11.9. The van der Waals surface area contributed by atoms with Crippen LogP contribution in [0.4, 0.5) is 9.93 Å². The summed E-state index contributed by atoms with van der Waals surface area (Å²) in [5.41, 5.74) is 0. The molecule has 1 atom stereocenters. The Morgan fingerprint density at radius 1 is 1.47 bits per heavy atom. The maximum absolute atomic E-state index is 11.4. The van der Waals surface area contributed by atoms with Crippen LogP contribution in [-0.4, -0.2) is 45.1 Å². The number of aromatic nitrogens is 2. The summed E-state index contributed by atoms with van der Waals surface area (Å²) in [5.74, 6) is -1.21. The molecule has 0 radical (unpaired) electrons. The van der Waals surface area contributed by atoms with Crippen molar-refractivity contribution in [1.82, 2.24) is 15.5 Å². The fraction of sp³-hybridized carbons (Fsp3) is 0.500. The number of rotatable bonds is 5. The number of carboxylic acid groups (broad SMARTS) is 1. The van der Waals surface area contributed by atoms with Crippen LogP contribution < -0.4 is 10.6 Å². The second-order valence-electron chi connectivity index (χ2n) is 3.13. The number of anilines is 1. The number of amides is 2. The van der Waals surface area contributed by atoms with Crippen molar-refractivity contribution in [3.63, 3.8) is 0 Å². The van der Waals surface area contributed by atoms with Gasteiger partial charge in [0.05, 0.1) is 0 Å². The number of carbonyl (C=O) groups is 2. The lowest BCUT2D eigenvalue weighted by Gasteiger charge is -2.12. The van der Waals surface area contributed by atoms with Gasteiger partial charge in [-0.3, -0.25) is 5.32 Å². The summed E-state index contributed by atoms with van der Waals surface area (Å²) in [6, 6.07) is -1.82. The molecule has 17 heavy (non-hydrogen) atoms. The lowest BCUT2D eigenvalue weighted by Crippen LogP contribution is -2.43. The van der Waals surface area contributed by atoms with E-state index in [1.807, 2.05) is 0 Å². The van der Waals surface area contributed by atoms with Crippen molar-refractivity contribution in [2.24, 2.45) is 0 Å². The van der Waals surface area contributed by atoms with Crippen molar-refractivity contribution in [3.05, 3.63) is 5.01 Å². The number of nitrogens with one attached hydrogen (secondary N) is 2. The Balaban J connectivity index is 2.50. The maximum atomic E-state index is 11.4. The standard InChI is InChI=1S/C8H12N4O4S/c1-4-11-12-8(17-4)10-7(16)9-5(2-3-13)6(14)15/h5,13H,2-3H2,1H3,(H,14,15)(H2,9,10,12,16)/t5-/m0/s1. The molecule has 1 aromatic heterocycles. The Kier molecular flexibility index (Phi) is 4.79. The topological polar surface area (TPSA) is 124 Å². The first-order chi connectivity index (χ1) is 8.02. The Bertz CT molecular complexity index is 408. The first-order valence-electron chi connectivity index (χ1n) is 4.74. The van der Waals surface area contributed by atoms with E-state index in [1.54, 1.807) is 6.92 Å². The van der Waals surface area contributed by atoms with Gasteiger partial charge in [-0.1, -0.05) is 11.3 Å². The SMILES string of the molecule is Cc1nnc(NC(=O)N[C@@H](CCO)C(=O)O)s1. The molecule has 94 valence electrons. The number of aliphatic carboxylic acids is 1. The fourth-order valence-corrected chi connectivity index (χ4v) is 1.61. The molecule has 0 spiro atoms. The molecule has 0 unspecified atom stereocenters. The van der Waals surface area contributed by atoms with Crippen LogP contribution in [0, 0.1) is 6.92 Å². The number of urea groups is 1. The second-order valence-corrected chi connectivity index (χ2v) is 4.31. The minimum absolute atomic E-state index is 0.0576. The molecule has 1 aromatic rings. The van der Waals surface area contributed by atoms with Gasteiger partial charge < -0.3 is 15.5 Å². The van der Waals surface area contributed by atoms with E-state index in [0.717, 1.165) is 0 Å². The van der Waals surface area contributed by atoms with Crippen molar-refractivity contribution in [2.45, 2.75) is 19.4 Å². The summed E-state index contributed by atoms with van der Waals surface area (Å²) in [6.45, 7) is 1.40. The molecule has 8 nitrogen and oxygen atoms in total. The van der Waals surface area contributed by atoms with Crippen LogP contribution in [0.3, 0.4) is 0 Å². The van der Waals surface area contributed by atoms with E-state index in [9.17, 15) is 9.59 Å². The Labute approximate surface area is 101 Å². The average molecular weight is 260 g/mol. The van der Waals surface area contributed by atoms with E-state index in [-0.39, 0.29) is 18.2 Å². The molecule has 0 saturated carbocycles. The number of hydrogen-bond acceptors (Lipinski definition) is 6. The molecule has 0 aliphatic rings. The van der Waals surface area contributed by atoms with Gasteiger partial charge in [-0.15, -0.1) is 10.2 Å². The number of carbonyl (C=O) groups excluding carboxylic acids is 1. The molecule has 4 N–H and O–H groups in total. The predicted molar refractivity (Wildman–Crippen MR) is 59.9 cm³/mol. The monoisotopic (exact) mass is 260 g/mol. The molecule has 1 rings (SSSR count). The highest BCUT2D eigenvalue weighted by molar-refractivity contribution is 7.15. The van der Waals surface area contributed by atoms with Gasteiger partial charge in [-0.05, 0) is 6.92 Å². The van der Waals surface area contributed by atoms with E-state index in [2.05, 4.69) is 20.8 Å². The van der Waals surface area contributed by atoms with E-state index in [4.69, 9.17) is 10.2 Å². The third-order valence-electron chi connectivity index (χ3n) is 1.77. The van der Waals surface area contributed by atoms with Crippen molar-refractivity contribution in [2.75, 3.05) is 11.9 Å². The summed E-state index contributed by atoms with van der Waals surface area (Å²) in [5, 5.41) is 30.3. The van der Waals surface area contributed by atoms with E-state index < -0.39 is 18.0 Å². The van der Waals surface area contributed by atoms with Gasteiger partial charge >= 0.3 is 12.0 Å². The largest absolute Gasteiger partial charge is 0.480 e. The van der Waals surface area contributed by atoms with E-state index in [0.29, 0.717) is 5.01 Å². The minimum atomic E-state index is -1.21. The van der Waals surface area contributed by atoms with Gasteiger partial charge in [0, 0.05) is 13.0 Å². The number of aliphatic hydroxyl groups is 1. The van der Waals surface area contributed by atoms with Crippen LogP contribution >= 0.6 is 11.3 Å². The van der Waals surface area contributed by atoms with Crippen LogP contribution in [0.25, 0.3) is 0 Å². The van der Waals surface area contributed by atoms with Gasteiger partial charge in [0.25, 0.3) is 0 Å². The van der Waals surface area contributed by atoms with Crippen molar-refractivity contribution < 1.29 is 19.8 Å². The van der Waals surface area contributed by atoms with E-state index >= 15 is 0 Å². The average Bonchev–Trinajstić information content (AvgIpc) is 2.63. The summed E-state index contributed by atoms with van der Waals surface area (Å²) in [4.78, 5) is 22.1. The second kappa shape index (κ2) is 6.11. The van der Waals surface area contributed by atoms with Crippen LogP contribution in [0.1, 0.15) is 11.4 Å². The lowest BCUT2D eigenvalue weighted by molar-refractivity contribution is -0.139. The van der Waals surface area contributed by atoms with Gasteiger partial charge in [-0.25, -0.2) is 9.59 Å². The molecular weight excluding hydrogens is 248 g/mol. The Morgan fingerprint density at radius 3 is 2.65 bits per heavy atom. The number of hydrogen-bond donors (Lipinski definition) is 4. The highest BCUT2D eigenvalue weighted by atomic mass is 32.1. The number of carboxylic acids is 1. The molecule has 9 heteroatoms. The molecule has 0 saturated heterocycles. The number of aryl methyl sites for hydroxylation is 1.